The molecule has 0 spiro atoms. The molecule has 45 heavy (non-hydrogen) atoms. The summed E-state index contributed by atoms with van der Waals surface area (Å²) in [6.07, 6.45) is 24.8. The van der Waals surface area contributed by atoms with Crippen molar-refractivity contribution < 1.29 is 14.3 Å². The first-order valence-electron chi connectivity index (χ1n) is 18.5. The predicted molar refractivity (Wildman–Crippen MR) is 193 cm³/mol. The second-order valence-corrected chi connectivity index (χ2v) is 13.1. The number of ether oxygens (including phenoxy) is 2. The van der Waals surface area contributed by atoms with Gasteiger partial charge in [0.1, 0.15) is 11.9 Å². The van der Waals surface area contributed by atoms with Gasteiger partial charge in [-0.05, 0) is 59.7 Å². The van der Waals surface area contributed by atoms with Crippen LogP contribution in [0.25, 0.3) is 10.8 Å². The molecule has 3 rings (SSSR count). The molecule has 1 atom stereocenters. The van der Waals surface area contributed by atoms with Crippen LogP contribution < -0.4 is 4.74 Å². The fourth-order valence-corrected chi connectivity index (χ4v) is 6.25. The number of ketones is 1. The Morgan fingerprint density at radius 1 is 0.578 bits per heavy atom. The minimum absolute atomic E-state index is 0.0998. The van der Waals surface area contributed by atoms with Gasteiger partial charge in [0.15, 0.2) is 5.78 Å². The van der Waals surface area contributed by atoms with Gasteiger partial charge in [-0.3, -0.25) is 4.79 Å². The highest BCUT2D eigenvalue weighted by Gasteiger charge is 2.19. The van der Waals surface area contributed by atoms with E-state index in [9.17, 15) is 4.79 Å². The summed E-state index contributed by atoms with van der Waals surface area (Å²) in [5.41, 5.74) is 3.33. The topological polar surface area (TPSA) is 35.5 Å². The Morgan fingerprint density at radius 2 is 1.09 bits per heavy atom. The molecule has 3 aromatic carbocycles. The number of hydrogen-bond donors (Lipinski definition) is 0. The molecule has 0 aliphatic heterocycles. The van der Waals surface area contributed by atoms with E-state index in [4.69, 9.17) is 9.47 Å². The Hall–Kier alpha value is -2.65. The van der Waals surface area contributed by atoms with Gasteiger partial charge >= 0.3 is 0 Å². The van der Waals surface area contributed by atoms with Gasteiger partial charge in [0, 0.05) is 12.7 Å². The summed E-state index contributed by atoms with van der Waals surface area (Å²) in [6.45, 7) is 5.29. The zero-order valence-corrected chi connectivity index (χ0v) is 28.9. The third-order valence-electron chi connectivity index (χ3n) is 9.23. The Bertz CT molecular complexity index is 1200. The van der Waals surface area contributed by atoms with Crippen molar-refractivity contribution in [2.24, 2.45) is 0 Å². The second kappa shape index (κ2) is 22.8. The Balaban J connectivity index is 1.32. The second-order valence-electron chi connectivity index (χ2n) is 13.1. The number of benzene rings is 3. The molecule has 0 fully saturated rings. The fraction of sp³-hybridized carbons (Fsp3) is 0.595. The van der Waals surface area contributed by atoms with Crippen LogP contribution >= 0.6 is 0 Å². The third-order valence-corrected chi connectivity index (χ3v) is 9.23. The molecule has 0 aliphatic carbocycles. The van der Waals surface area contributed by atoms with Crippen molar-refractivity contribution in [1.29, 1.82) is 0 Å². The van der Waals surface area contributed by atoms with Crippen molar-refractivity contribution in [3.05, 3.63) is 77.4 Å². The number of hydrogen-bond acceptors (Lipinski definition) is 3. The molecule has 0 radical (unpaired) electrons. The van der Waals surface area contributed by atoms with Crippen LogP contribution in [0.4, 0.5) is 0 Å². The maximum absolute atomic E-state index is 12.9. The standard InChI is InChI=1S/C42H62O3/c1-4-6-8-10-11-12-13-14-15-16-17-18-20-32-45-40-31-30-38-33-36(26-29-39(38)34-40)23-22-35-24-27-37(28-25-35)42(43)41(44-3)21-19-9-7-5-2/h24-31,33-34,41H,4-23,32H2,1-3H3/t41-/m1/s1. The quantitative estimate of drug-likeness (QED) is 0.0666. The summed E-state index contributed by atoms with van der Waals surface area (Å²) >= 11 is 0. The summed E-state index contributed by atoms with van der Waals surface area (Å²) in [5, 5.41) is 2.48. The summed E-state index contributed by atoms with van der Waals surface area (Å²) < 4.78 is 11.6. The lowest BCUT2D eigenvalue weighted by Gasteiger charge is -2.14. The van der Waals surface area contributed by atoms with Gasteiger partial charge in [0.25, 0.3) is 0 Å². The van der Waals surface area contributed by atoms with Crippen molar-refractivity contribution in [1.82, 2.24) is 0 Å². The molecule has 0 aliphatic rings. The van der Waals surface area contributed by atoms with Crippen LogP contribution in [-0.2, 0) is 17.6 Å². The minimum Gasteiger partial charge on any atom is -0.494 e. The van der Waals surface area contributed by atoms with E-state index in [0.29, 0.717) is 0 Å². The zero-order chi connectivity index (χ0) is 32.0. The maximum Gasteiger partial charge on any atom is 0.191 e. The summed E-state index contributed by atoms with van der Waals surface area (Å²) in [7, 11) is 1.65. The molecule has 0 unspecified atom stereocenters. The van der Waals surface area contributed by atoms with Gasteiger partial charge in [0.05, 0.1) is 6.61 Å². The molecular weight excluding hydrogens is 552 g/mol. The van der Waals surface area contributed by atoms with E-state index < -0.39 is 0 Å². The Labute approximate surface area is 275 Å². The SMILES string of the molecule is CCCCCCCCCCCCCCCOc1ccc2cc(CCc3ccc(C(=O)[C@@H](CCCCCC)OC)cc3)ccc2c1. The molecule has 0 heterocycles. The highest BCUT2D eigenvalue weighted by molar-refractivity contribution is 5.99. The third kappa shape index (κ3) is 14.5. The molecule has 3 aromatic rings. The molecule has 0 amide bonds. The minimum atomic E-state index is -0.338. The largest absolute Gasteiger partial charge is 0.494 e. The predicted octanol–water partition coefficient (Wildman–Crippen LogP) is 12.3. The number of rotatable bonds is 26. The van der Waals surface area contributed by atoms with E-state index in [0.717, 1.165) is 56.4 Å². The summed E-state index contributed by atoms with van der Waals surface area (Å²) in [4.78, 5) is 12.9. The molecular formula is C42H62O3. The van der Waals surface area contributed by atoms with Crippen LogP contribution in [0.2, 0.25) is 0 Å². The van der Waals surface area contributed by atoms with E-state index in [1.165, 1.54) is 112 Å². The zero-order valence-electron chi connectivity index (χ0n) is 28.9. The maximum atomic E-state index is 12.9. The Morgan fingerprint density at radius 3 is 1.71 bits per heavy atom. The number of unbranched alkanes of at least 4 members (excludes halogenated alkanes) is 15. The fourth-order valence-electron chi connectivity index (χ4n) is 6.25. The normalized spacial score (nSPS) is 12.1. The number of aryl methyl sites for hydroxylation is 2. The molecule has 3 heteroatoms. The molecule has 0 saturated heterocycles. The first kappa shape index (κ1) is 36.8. The van der Waals surface area contributed by atoms with E-state index in [1.807, 2.05) is 12.1 Å². The van der Waals surface area contributed by atoms with E-state index in [2.05, 4.69) is 62.4 Å². The first-order chi connectivity index (χ1) is 22.1. The van der Waals surface area contributed by atoms with Crippen molar-refractivity contribution in [2.45, 2.75) is 148 Å². The first-order valence-corrected chi connectivity index (χ1v) is 18.5. The smallest absolute Gasteiger partial charge is 0.191 e. The number of Topliss-reactive ketones (excluding diaryl/α,β-unsaturated/α-hetero) is 1. The highest BCUT2D eigenvalue weighted by atomic mass is 16.5. The summed E-state index contributed by atoms with van der Waals surface area (Å²) in [5.74, 6) is 1.07. The average Bonchev–Trinajstić information content (AvgIpc) is 3.07. The van der Waals surface area contributed by atoms with Gasteiger partial charge in [-0.2, -0.15) is 0 Å². The number of carbonyl (C=O) groups excluding carboxylic acids is 1. The number of methoxy groups -OCH3 is 1. The number of fused-ring (bicyclic) bond motifs is 1. The summed E-state index contributed by atoms with van der Waals surface area (Å²) in [6, 6.07) is 21.4. The lowest BCUT2D eigenvalue weighted by Crippen LogP contribution is -2.23. The van der Waals surface area contributed by atoms with Crippen LogP contribution in [0.15, 0.2) is 60.7 Å². The van der Waals surface area contributed by atoms with Crippen LogP contribution in [0.5, 0.6) is 5.75 Å². The molecule has 0 bridgehead atoms. The van der Waals surface area contributed by atoms with E-state index in [-0.39, 0.29) is 11.9 Å². The molecule has 0 aromatic heterocycles. The highest BCUT2D eigenvalue weighted by Crippen LogP contribution is 2.24. The van der Waals surface area contributed by atoms with Gasteiger partial charge in [-0.25, -0.2) is 0 Å². The van der Waals surface area contributed by atoms with Crippen molar-refractivity contribution in [3.63, 3.8) is 0 Å². The molecule has 0 N–H and O–H groups in total. The molecule has 3 nitrogen and oxygen atoms in total. The van der Waals surface area contributed by atoms with Gasteiger partial charge < -0.3 is 9.47 Å². The monoisotopic (exact) mass is 614 g/mol. The van der Waals surface area contributed by atoms with Gasteiger partial charge in [-0.1, -0.05) is 165 Å². The van der Waals surface area contributed by atoms with Crippen molar-refractivity contribution in [3.8, 4) is 5.75 Å². The molecule has 0 saturated carbocycles. The van der Waals surface area contributed by atoms with Crippen molar-refractivity contribution >= 4 is 16.6 Å². The van der Waals surface area contributed by atoms with Crippen LogP contribution in [0, 0.1) is 0 Å². The average molecular weight is 615 g/mol. The lowest BCUT2D eigenvalue weighted by atomic mass is 9.97. The van der Waals surface area contributed by atoms with Crippen LogP contribution in [-0.4, -0.2) is 25.6 Å². The Kier molecular flexibility index (Phi) is 18.6. The van der Waals surface area contributed by atoms with Gasteiger partial charge in [-0.15, -0.1) is 0 Å². The van der Waals surface area contributed by atoms with E-state index in [1.54, 1.807) is 7.11 Å². The van der Waals surface area contributed by atoms with Gasteiger partial charge in [0.2, 0.25) is 0 Å². The van der Waals surface area contributed by atoms with Crippen LogP contribution in [0.3, 0.4) is 0 Å². The molecule has 248 valence electrons. The number of carbonyl (C=O) groups is 1. The van der Waals surface area contributed by atoms with Crippen LogP contribution in [0.1, 0.15) is 151 Å². The lowest BCUT2D eigenvalue weighted by molar-refractivity contribution is 0.0573. The van der Waals surface area contributed by atoms with Crippen molar-refractivity contribution in [2.75, 3.05) is 13.7 Å². The van der Waals surface area contributed by atoms with E-state index >= 15 is 0 Å².